The van der Waals surface area contributed by atoms with Gasteiger partial charge in [0.1, 0.15) is 5.76 Å². The summed E-state index contributed by atoms with van der Waals surface area (Å²) in [6, 6.07) is 3.66. The van der Waals surface area contributed by atoms with Gasteiger partial charge in [0.15, 0.2) is 3.77 Å². The molecule has 1 heterocycles. The first-order valence-corrected chi connectivity index (χ1v) is 7.08. The van der Waals surface area contributed by atoms with E-state index in [1.807, 2.05) is 12.1 Å². The van der Waals surface area contributed by atoms with Gasteiger partial charge in [0.05, 0.1) is 13.2 Å². The fourth-order valence-electron chi connectivity index (χ4n) is 1.26. The lowest BCUT2D eigenvalue weighted by Gasteiger charge is -2.03. The van der Waals surface area contributed by atoms with Gasteiger partial charge in [0.25, 0.3) is 0 Å². The molecule has 1 aromatic heterocycles. The first-order chi connectivity index (χ1) is 9.22. The molecule has 6 heteroatoms. The largest absolute Gasteiger partial charge is 0.451 e. The standard InChI is InChI=1S/C13H18INO4/c1-17-9-10-18-8-2-7-15-13(16)6-4-11-3-5-12(14)19-11/h3-6H,2,7-10H2,1H3,(H,15,16)/b6-4+. The van der Waals surface area contributed by atoms with Crippen LogP contribution in [0.5, 0.6) is 0 Å². The zero-order valence-corrected chi connectivity index (χ0v) is 13.0. The van der Waals surface area contributed by atoms with Crippen molar-refractivity contribution in [1.82, 2.24) is 5.32 Å². The maximum atomic E-state index is 11.5. The summed E-state index contributed by atoms with van der Waals surface area (Å²) in [6.07, 6.45) is 3.88. The number of rotatable bonds is 9. The molecule has 1 rings (SSSR count). The number of carbonyl (C=O) groups excluding carboxylic acids is 1. The number of carbonyl (C=O) groups is 1. The minimum absolute atomic E-state index is 0.136. The van der Waals surface area contributed by atoms with Gasteiger partial charge in [-0.15, -0.1) is 0 Å². The van der Waals surface area contributed by atoms with Crippen molar-refractivity contribution in [2.24, 2.45) is 0 Å². The van der Waals surface area contributed by atoms with Gasteiger partial charge in [0.2, 0.25) is 5.91 Å². The molecular weight excluding hydrogens is 361 g/mol. The summed E-state index contributed by atoms with van der Waals surface area (Å²) >= 11 is 2.07. The summed E-state index contributed by atoms with van der Waals surface area (Å²) in [5.41, 5.74) is 0. The van der Waals surface area contributed by atoms with Gasteiger partial charge >= 0.3 is 0 Å². The first kappa shape index (κ1) is 16.2. The molecule has 0 radical (unpaired) electrons. The molecule has 0 aliphatic rings. The van der Waals surface area contributed by atoms with Crippen LogP contribution < -0.4 is 5.32 Å². The first-order valence-electron chi connectivity index (χ1n) is 6.00. The summed E-state index contributed by atoms with van der Waals surface area (Å²) in [5, 5.41) is 2.77. The lowest BCUT2D eigenvalue weighted by Crippen LogP contribution is -2.23. The molecular formula is C13H18INO4. The highest BCUT2D eigenvalue weighted by atomic mass is 127. The lowest BCUT2D eigenvalue weighted by atomic mass is 10.3. The Morgan fingerprint density at radius 3 is 2.95 bits per heavy atom. The number of methoxy groups -OCH3 is 1. The Kier molecular flexibility index (Phi) is 8.52. The Balaban J connectivity index is 2.06. The molecule has 5 nitrogen and oxygen atoms in total. The summed E-state index contributed by atoms with van der Waals surface area (Å²) in [4.78, 5) is 11.5. The molecule has 0 bridgehead atoms. The van der Waals surface area contributed by atoms with Crippen molar-refractivity contribution in [3.05, 3.63) is 27.7 Å². The minimum Gasteiger partial charge on any atom is -0.451 e. The number of halogens is 1. The van der Waals surface area contributed by atoms with Gasteiger partial charge < -0.3 is 19.2 Å². The summed E-state index contributed by atoms with van der Waals surface area (Å²) in [5.74, 6) is 0.533. The van der Waals surface area contributed by atoms with E-state index in [9.17, 15) is 4.79 Å². The molecule has 19 heavy (non-hydrogen) atoms. The van der Waals surface area contributed by atoms with Crippen molar-refractivity contribution >= 4 is 34.6 Å². The average Bonchev–Trinajstić information content (AvgIpc) is 2.81. The number of furan rings is 1. The van der Waals surface area contributed by atoms with Crippen LogP contribution in [0.1, 0.15) is 12.2 Å². The number of hydrogen-bond donors (Lipinski definition) is 1. The molecule has 0 saturated carbocycles. The van der Waals surface area contributed by atoms with Crippen LogP contribution in [0.25, 0.3) is 6.08 Å². The van der Waals surface area contributed by atoms with Crippen LogP contribution >= 0.6 is 22.6 Å². The SMILES string of the molecule is COCCOCCCNC(=O)/C=C/c1ccc(I)o1. The minimum atomic E-state index is -0.136. The van der Waals surface area contributed by atoms with Crippen LogP contribution in [-0.2, 0) is 14.3 Å². The predicted molar refractivity (Wildman–Crippen MR) is 80.8 cm³/mol. The highest BCUT2D eigenvalue weighted by Gasteiger charge is 1.97. The van der Waals surface area contributed by atoms with Crippen LogP contribution in [-0.4, -0.2) is 39.4 Å². The number of ether oxygens (including phenoxy) is 2. The van der Waals surface area contributed by atoms with E-state index in [0.29, 0.717) is 32.1 Å². The van der Waals surface area contributed by atoms with Crippen molar-refractivity contribution in [2.45, 2.75) is 6.42 Å². The molecule has 0 aliphatic heterocycles. The van der Waals surface area contributed by atoms with E-state index in [-0.39, 0.29) is 5.91 Å². The van der Waals surface area contributed by atoms with Gasteiger partial charge in [-0.2, -0.15) is 0 Å². The third-order valence-electron chi connectivity index (χ3n) is 2.19. The number of hydrogen-bond acceptors (Lipinski definition) is 4. The topological polar surface area (TPSA) is 60.7 Å². The van der Waals surface area contributed by atoms with Crippen molar-refractivity contribution < 1.29 is 18.7 Å². The van der Waals surface area contributed by atoms with Crippen LogP contribution in [0.4, 0.5) is 0 Å². The molecule has 0 aliphatic carbocycles. The second-order valence-corrected chi connectivity index (χ2v) is 4.79. The predicted octanol–water partition coefficient (Wildman–Crippen LogP) is 2.07. The van der Waals surface area contributed by atoms with E-state index in [1.165, 1.54) is 6.08 Å². The average molecular weight is 379 g/mol. The van der Waals surface area contributed by atoms with Gasteiger partial charge in [-0.1, -0.05) is 0 Å². The molecule has 0 spiro atoms. The van der Waals surface area contributed by atoms with Crippen LogP contribution in [0, 0.1) is 3.77 Å². The normalized spacial score (nSPS) is 11.1. The third kappa shape index (κ3) is 8.02. The molecule has 106 valence electrons. The molecule has 0 fully saturated rings. The molecule has 0 atom stereocenters. The van der Waals surface area contributed by atoms with Crippen molar-refractivity contribution in [3.8, 4) is 0 Å². The molecule has 0 aromatic carbocycles. The second kappa shape index (κ2) is 9.99. The van der Waals surface area contributed by atoms with Gasteiger partial charge in [0, 0.05) is 26.3 Å². The van der Waals surface area contributed by atoms with E-state index in [4.69, 9.17) is 13.9 Å². The van der Waals surface area contributed by atoms with Crippen molar-refractivity contribution in [2.75, 3.05) is 33.5 Å². The Labute approximate surface area is 126 Å². The Hall–Kier alpha value is -0.860. The Morgan fingerprint density at radius 1 is 1.42 bits per heavy atom. The van der Waals surface area contributed by atoms with Crippen LogP contribution in [0.3, 0.4) is 0 Å². The van der Waals surface area contributed by atoms with E-state index in [2.05, 4.69) is 27.9 Å². The monoisotopic (exact) mass is 379 g/mol. The lowest BCUT2D eigenvalue weighted by molar-refractivity contribution is -0.116. The van der Waals surface area contributed by atoms with Crippen LogP contribution in [0.2, 0.25) is 0 Å². The highest BCUT2D eigenvalue weighted by molar-refractivity contribution is 14.1. The zero-order valence-electron chi connectivity index (χ0n) is 10.9. The molecule has 1 aromatic rings. The molecule has 0 saturated heterocycles. The molecule has 1 N–H and O–H groups in total. The van der Waals surface area contributed by atoms with Gasteiger partial charge in [-0.3, -0.25) is 4.79 Å². The molecule has 1 amide bonds. The highest BCUT2D eigenvalue weighted by Crippen LogP contribution is 2.11. The second-order valence-electron chi connectivity index (χ2n) is 3.72. The quantitative estimate of drug-likeness (QED) is 0.406. The fourth-order valence-corrected chi connectivity index (χ4v) is 1.70. The Morgan fingerprint density at radius 2 is 2.26 bits per heavy atom. The number of nitrogens with one attached hydrogen (secondary N) is 1. The summed E-state index contributed by atoms with van der Waals surface area (Å²) in [6.45, 7) is 2.38. The van der Waals surface area contributed by atoms with Gasteiger partial charge in [-0.05, 0) is 47.2 Å². The summed E-state index contributed by atoms with van der Waals surface area (Å²) in [7, 11) is 1.63. The number of amides is 1. The fraction of sp³-hybridized carbons (Fsp3) is 0.462. The maximum absolute atomic E-state index is 11.5. The van der Waals surface area contributed by atoms with E-state index >= 15 is 0 Å². The molecule has 0 unspecified atom stereocenters. The van der Waals surface area contributed by atoms with Crippen molar-refractivity contribution in [3.63, 3.8) is 0 Å². The third-order valence-corrected chi connectivity index (χ3v) is 2.77. The van der Waals surface area contributed by atoms with Gasteiger partial charge in [-0.25, -0.2) is 0 Å². The van der Waals surface area contributed by atoms with Crippen molar-refractivity contribution in [1.29, 1.82) is 0 Å². The van der Waals surface area contributed by atoms with E-state index in [1.54, 1.807) is 13.2 Å². The maximum Gasteiger partial charge on any atom is 0.244 e. The zero-order chi connectivity index (χ0) is 13.9. The Bertz CT molecular complexity index is 403. The van der Waals surface area contributed by atoms with E-state index < -0.39 is 0 Å². The van der Waals surface area contributed by atoms with E-state index in [0.717, 1.165) is 10.2 Å². The smallest absolute Gasteiger partial charge is 0.244 e. The summed E-state index contributed by atoms with van der Waals surface area (Å²) < 4.78 is 16.2. The van der Waals surface area contributed by atoms with Crippen LogP contribution in [0.15, 0.2) is 22.6 Å².